The van der Waals surface area contributed by atoms with Crippen molar-refractivity contribution in [2.75, 3.05) is 19.0 Å². The molecule has 0 saturated heterocycles. The molecular formula is C25H24ClN5O3. The second kappa shape index (κ2) is 10.5. The van der Waals surface area contributed by atoms with E-state index in [1.807, 2.05) is 12.1 Å². The molecule has 0 radical (unpaired) electrons. The van der Waals surface area contributed by atoms with Gasteiger partial charge in [0.1, 0.15) is 18.1 Å². The Kier molecular flexibility index (Phi) is 7.30. The van der Waals surface area contributed by atoms with Gasteiger partial charge in [-0.15, -0.1) is 0 Å². The van der Waals surface area contributed by atoms with Crippen LogP contribution in [0.1, 0.15) is 30.0 Å². The third kappa shape index (κ3) is 5.47. The standard InChI is InChI=1S/C25H24ClN5O3/c1-15(2)13-34-14-21-30-23(28-17-8-6-16(7-9-17)25(32)33-3)18-10-11-20(29-24(18)31-21)22-19(26)5-4-12-27-22/h4-12,15H,13-14H2,1-3H3,(H,28,29,30,31). The smallest absolute Gasteiger partial charge is 0.337 e. The fourth-order valence-corrected chi connectivity index (χ4v) is 3.47. The summed E-state index contributed by atoms with van der Waals surface area (Å²) in [7, 11) is 1.35. The first-order valence-electron chi connectivity index (χ1n) is 10.8. The van der Waals surface area contributed by atoms with Gasteiger partial charge in [0.15, 0.2) is 11.5 Å². The number of halogens is 1. The molecule has 1 aromatic carbocycles. The van der Waals surface area contributed by atoms with E-state index in [0.29, 0.717) is 51.8 Å². The third-order valence-electron chi connectivity index (χ3n) is 4.86. The second-order valence-electron chi connectivity index (χ2n) is 7.99. The summed E-state index contributed by atoms with van der Waals surface area (Å²) in [5.41, 5.74) is 2.89. The van der Waals surface area contributed by atoms with E-state index in [1.54, 1.807) is 42.6 Å². The highest BCUT2D eigenvalue weighted by molar-refractivity contribution is 6.32. The maximum atomic E-state index is 11.7. The van der Waals surface area contributed by atoms with Gasteiger partial charge in [-0.3, -0.25) is 4.98 Å². The largest absolute Gasteiger partial charge is 0.465 e. The molecule has 0 aliphatic rings. The van der Waals surface area contributed by atoms with E-state index in [2.05, 4.69) is 34.1 Å². The Labute approximate surface area is 202 Å². The van der Waals surface area contributed by atoms with Gasteiger partial charge in [-0.05, 0) is 54.4 Å². The van der Waals surface area contributed by atoms with E-state index < -0.39 is 5.97 Å². The van der Waals surface area contributed by atoms with Crippen molar-refractivity contribution in [2.45, 2.75) is 20.5 Å². The van der Waals surface area contributed by atoms with Crippen LogP contribution in [0.15, 0.2) is 54.7 Å². The number of hydrogen-bond acceptors (Lipinski definition) is 8. The average Bonchev–Trinajstić information content (AvgIpc) is 2.84. The highest BCUT2D eigenvalue weighted by atomic mass is 35.5. The van der Waals surface area contributed by atoms with E-state index in [1.165, 1.54) is 7.11 Å². The van der Waals surface area contributed by atoms with E-state index >= 15 is 0 Å². The predicted octanol–water partition coefficient (Wildman–Crippen LogP) is 5.44. The summed E-state index contributed by atoms with van der Waals surface area (Å²) in [5, 5.41) is 4.53. The number of rotatable bonds is 8. The minimum absolute atomic E-state index is 0.250. The summed E-state index contributed by atoms with van der Waals surface area (Å²) in [4.78, 5) is 30.1. The lowest BCUT2D eigenvalue weighted by atomic mass is 10.2. The Balaban J connectivity index is 1.72. The Morgan fingerprint density at radius 1 is 1.06 bits per heavy atom. The predicted molar refractivity (Wildman–Crippen MR) is 131 cm³/mol. The topological polar surface area (TPSA) is 99.1 Å². The zero-order chi connectivity index (χ0) is 24.1. The molecule has 0 fully saturated rings. The number of carbonyl (C=O) groups excluding carboxylic acids is 1. The van der Waals surface area contributed by atoms with Gasteiger partial charge >= 0.3 is 5.97 Å². The number of pyridine rings is 2. The lowest BCUT2D eigenvalue weighted by Crippen LogP contribution is -2.08. The molecule has 174 valence electrons. The van der Waals surface area contributed by atoms with Crippen LogP contribution in [-0.2, 0) is 16.1 Å². The number of nitrogens with zero attached hydrogens (tertiary/aromatic N) is 4. The summed E-state index contributed by atoms with van der Waals surface area (Å²) < 4.78 is 10.5. The molecule has 4 aromatic rings. The normalized spacial score (nSPS) is 11.1. The van der Waals surface area contributed by atoms with E-state index in [0.717, 1.165) is 11.1 Å². The fourth-order valence-electron chi connectivity index (χ4n) is 3.25. The first-order valence-corrected chi connectivity index (χ1v) is 11.1. The highest BCUT2D eigenvalue weighted by Crippen LogP contribution is 2.28. The Bertz CT molecular complexity index is 1310. The SMILES string of the molecule is COC(=O)c1ccc(Nc2nc(COCC(C)C)nc3nc(-c4ncccc4Cl)ccc23)cc1. The van der Waals surface area contributed by atoms with Crippen molar-refractivity contribution < 1.29 is 14.3 Å². The molecular weight excluding hydrogens is 454 g/mol. The number of esters is 1. The molecule has 1 N–H and O–H groups in total. The first-order chi connectivity index (χ1) is 16.4. The van der Waals surface area contributed by atoms with E-state index in [4.69, 9.17) is 26.1 Å². The zero-order valence-electron chi connectivity index (χ0n) is 19.1. The maximum Gasteiger partial charge on any atom is 0.337 e. The molecule has 0 amide bonds. The van der Waals surface area contributed by atoms with Crippen LogP contribution in [0.2, 0.25) is 5.02 Å². The molecule has 0 unspecified atom stereocenters. The van der Waals surface area contributed by atoms with Gasteiger partial charge in [0.25, 0.3) is 0 Å². The molecule has 4 rings (SSSR count). The molecule has 0 aliphatic carbocycles. The molecule has 0 bridgehead atoms. The highest BCUT2D eigenvalue weighted by Gasteiger charge is 2.14. The molecule has 34 heavy (non-hydrogen) atoms. The van der Waals surface area contributed by atoms with E-state index in [9.17, 15) is 4.79 Å². The Morgan fingerprint density at radius 2 is 1.85 bits per heavy atom. The minimum atomic E-state index is -0.395. The second-order valence-corrected chi connectivity index (χ2v) is 8.40. The molecule has 3 aromatic heterocycles. The molecule has 0 spiro atoms. The number of aromatic nitrogens is 4. The number of carbonyl (C=O) groups is 1. The van der Waals surface area contributed by atoms with Crippen molar-refractivity contribution in [1.82, 2.24) is 19.9 Å². The number of methoxy groups -OCH3 is 1. The lowest BCUT2D eigenvalue weighted by Gasteiger charge is -2.13. The van der Waals surface area contributed by atoms with Crippen molar-refractivity contribution in [3.8, 4) is 11.4 Å². The summed E-state index contributed by atoms with van der Waals surface area (Å²) >= 11 is 6.32. The van der Waals surface area contributed by atoms with Crippen molar-refractivity contribution >= 4 is 40.1 Å². The Hall–Kier alpha value is -3.62. The quantitative estimate of drug-likeness (QED) is 0.335. The van der Waals surface area contributed by atoms with Crippen molar-refractivity contribution in [3.05, 3.63) is 71.1 Å². The number of nitrogens with one attached hydrogen (secondary N) is 1. The number of fused-ring (bicyclic) bond motifs is 1. The van der Waals surface area contributed by atoms with Crippen LogP contribution in [0.5, 0.6) is 0 Å². The molecule has 0 aliphatic heterocycles. The van der Waals surface area contributed by atoms with E-state index in [-0.39, 0.29) is 6.61 Å². The summed E-state index contributed by atoms with van der Waals surface area (Å²) in [6.45, 7) is 5.00. The average molecular weight is 478 g/mol. The van der Waals surface area contributed by atoms with Gasteiger partial charge in [0.2, 0.25) is 0 Å². The molecule has 9 heteroatoms. The monoisotopic (exact) mass is 477 g/mol. The maximum absolute atomic E-state index is 11.7. The van der Waals surface area contributed by atoms with Gasteiger partial charge < -0.3 is 14.8 Å². The van der Waals surface area contributed by atoms with Gasteiger partial charge in [-0.1, -0.05) is 25.4 Å². The van der Waals surface area contributed by atoms with Crippen LogP contribution < -0.4 is 5.32 Å². The number of benzene rings is 1. The van der Waals surface area contributed by atoms with Crippen molar-refractivity contribution in [1.29, 1.82) is 0 Å². The van der Waals surface area contributed by atoms with Gasteiger partial charge in [0, 0.05) is 18.5 Å². The zero-order valence-corrected chi connectivity index (χ0v) is 19.8. The summed E-state index contributed by atoms with van der Waals surface area (Å²) in [5.74, 6) is 1.07. The fraction of sp³-hybridized carbons (Fsp3) is 0.240. The number of hydrogen-bond donors (Lipinski definition) is 1. The molecule has 3 heterocycles. The molecule has 8 nitrogen and oxygen atoms in total. The lowest BCUT2D eigenvalue weighted by molar-refractivity contribution is 0.0601. The molecule has 0 saturated carbocycles. The van der Waals surface area contributed by atoms with Crippen LogP contribution >= 0.6 is 11.6 Å². The number of anilines is 2. The van der Waals surface area contributed by atoms with Gasteiger partial charge in [-0.25, -0.2) is 19.7 Å². The molecule has 0 atom stereocenters. The third-order valence-corrected chi connectivity index (χ3v) is 5.16. The minimum Gasteiger partial charge on any atom is -0.465 e. The van der Waals surface area contributed by atoms with Crippen molar-refractivity contribution in [3.63, 3.8) is 0 Å². The van der Waals surface area contributed by atoms with Crippen LogP contribution in [-0.4, -0.2) is 39.6 Å². The summed E-state index contributed by atoms with van der Waals surface area (Å²) in [6, 6.07) is 14.2. The van der Waals surface area contributed by atoms with Crippen molar-refractivity contribution in [2.24, 2.45) is 5.92 Å². The van der Waals surface area contributed by atoms with Crippen LogP contribution in [0.4, 0.5) is 11.5 Å². The van der Waals surface area contributed by atoms with Crippen LogP contribution in [0.25, 0.3) is 22.4 Å². The number of ether oxygens (including phenoxy) is 2. The summed E-state index contributed by atoms with van der Waals surface area (Å²) in [6.07, 6.45) is 1.67. The van der Waals surface area contributed by atoms with Gasteiger partial charge in [0.05, 0.1) is 28.8 Å². The van der Waals surface area contributed by atoms with Gasteiger partial charge in [-0.2, -0.15) is 0 Å². The van der Waals surface area contributed by atoms with Crippen LogP contribution in [0, 0.1) is 5.92 Å². The first kappa shape index (κ1) is 23.5. The Morgan fingerprint density at radius 3 is 2.56 bits per heavy atom. The van der Waals surface area contributed by atoms with Crippen LogP contribution in [0.3, 0.4) is 0 Å².